The first-order chi connectivity index (χ1) is 12.9. The third-order valence-electron chi connectivity index (χ3n) is 5.72. The zero-order chi connectivity index (χ0) is 19.6. The molecule has 146 valence electrons. The topological polar surface area (TPSA) is 72.7 Å². The highest BCUT2D eigenvalue weighted by Gasteiger charge is 2.30. The van der Waals surface area contributed by atoms with Crippen molar-refractivity contribution in [3.63, 3.8) is 0 Å². The van der Waals surface area contributed by atoms with Crippen LogP contribution in [0, 0.1) is 25.7 Å². The highest BCUT2D eigenvalue weighted by atomic mass is 32.2. The van der Waals surface area contributed by atoms with Gasteiger partial charge in [0.05, 0.1) is 10.9 Å². The Labute approximate surface area is 165 Å². The van der Waals surface area contributed by atoms with E-state index >= 15 is 0 Å². The highest BCUT2D eigenvalue weighted by Crippen LogP contribution is 2.30. The van der Waals surface area contributed by atoms with E-state index in [1.54, 1.807) is 4.68 Å². The molecule has 0 saturated heterocycles. The molecule has 0 bridgehead atoms. The summed E-state index contributed by atoms with van der Waals surface area (Å²) in [6.45, 7) is 10.5. The van der Waals surface area contributed by atoms with E-state index in [2.05, 4.69) is 52.9 Å². The molecule has 2 aromatic rings. The van der Waals surface area contributed by atoms with Crippen molar-refractivity contribution >= 4 is 17.7 Å². The van der Waals surface area contributed by atoms with Crippen LogP contribution in [0.2, 0.25) is 0 Å². The molecule has 27 heavy (non-hydrogen) atoms. The summed E-state index contributed by atoms with van der Waals surface area (Å²) in [5.74, 6) is 1.23. The number of hydrogen-bond donors (Lipinski definition) is 1. The van der Waals surface area contributed by atoms with Crippen molar-refractivity contribution in [2.45, 2.75) is 70.3 Å². The number of amides is 1. The van der Waals surface area contributed by atoms with Gasteiger partial charge in [-0.15, -0.1) is 5.10 Å². The van der Waals surface area contributed by atoms with Gasteiger partial charge in [0.15, 0.2) is 0 Å². The molecule has 1 aliphatic rings. The monoisotopic (exact) mass is 387 g/mol. The maximum atomic E-state index is 12.7. The molecule has 6 nitrogen and oxygen atoms in total. The highest BCUT2D eigenvalue weighted by molar-refractivity contribution is 8.00. The first kappa shape index (κ1) is 19.9. The van der Waals surface area contributed by atoms with Crippen LogP contribution in [0.5, 0.6) is 0 Å². The lowest BCUT2D eigenvalue weighted by molar-refractivity contribution is -0.121. The van der Waals surface area contributed by atoms with Gasteiger partial charge in [-0.25, -0.2) is 0 Å². The van der Waals surface area contributed by atoms with Gasteiger partial charge in [-0.3, -0.25) is 4.79 Å². The van der Waals surface area contributed by atoms with Gasteiger partial charge in [-0.2, -0.15) is 4.68 Å². The molecule has 0 unspecified atom stereocenters. The smallest absolute Gasteiger partial charge is 0.233 e. The second-order valence-electron chi connectivity index (χ2n) is 7.81. The molecule has 0 aliphatic heterocycles. The van der Waals surface area contributed by atoms with Gasteiger partial charge in [0, 0.05) is 6.04 Å². The predicted molar refractivity (Wildman–Crippen MR) is 108 cm³/mol. The van der Waals surface area contributed by atoms with Crippen LogP contribution in [0.1, 0.15) is 51.2 Å². The molecular weight excluding hydrogens is 358 g/mol. The van der Waals surface area contributed by atoms with Gasteiger partial charge < -0.3 is 5.32 Å². The van der Waals surface area contributed by atoms with E-state index in [0.29, 0.717) is 17.0 Å². The molecular formula is C20H29N5OS. The van der Waals surface area contributed by atoms with Crippen LogP contribution in [0.25, 0.3) is 5.69 Å². The van der Waals surface area contributed by atoms with Gasteiger partial charge in [0.1, 0.15) is 0 Å². The average molecular weight is 388 g/mol. The molecule has 1 amide bonds. The number of tetrazole rings is 1. The Balaban J connectivity index is 1.70. The Kier molecular flexibility index (Phi) is 6.19. The fourth-order valence-corrected chi connectivity index (χ4v) is 4.46. The van der Waals surface area contributed by atoms with Crippen molar-refractivity contribution in [2.24, 2.45) is 11.8 Å². The molecule has 4 atom stereocenters. The molecule has 1 saturated carbocycles. The summed E-state index contributed by atoms with van der Waals surface area (Å²) in [5, 5.41) is 15.7. The normalized spacial score (nSPS) is 23.8. The number of thioether (sulfide) groups is 1. The third-order valence-corrected chi connectivity index (χ3v) is 6.75. The zero-order valence-corrected chi connectivity index (χ0v) is 17.6. The van der Waals surface area contributed by atoms with Crippen molar-refractivity contribution in [1.82, 2.24) is 25.5 Å². The maximum Gasteiger partial charge on any atom is 0.233 e. The molecule has 1 aromatic heterocycles. The van der Waals surface area contributed by atoms with E-state index in [9.17, 15) is 4.79 Å². The van der Waals surface area contributed by atoms with Crippen LogP contribution in [0.15, 0.2) is 23.4 Å². The fraction of sp³-hybridized carbons (Fsp3) is 0.600. The van der Waals surface area contributed by atoms with E-state index in [4.69, 9.17) is 0 Å². The summed E-state index contributed by atoms with van der Waals surface area (Å²) in [5.41, 5.74) is 3.19. The van der Waals surface area contributed by atoms with Crippen LogP contribution >= 0.6 is 11.8 Å². The van der Waals surface area contributed by atoms with Crippen molar-refractivity contribution in [2.75, 3.05) is 0 Å². The molecule has 1 fully saturated rings. The summed E-state index contributed by atoms with van der Waals surface area (Å²) in [4.78, 5) is 12.7. The van der Waals surface area contributed by atoms with Gasteiger partial charge >= 0.3 is 0 Å². The minimum Gasteiger partial charge on any atom is -0.352 e. The van der Waals surface area contributed by atoms with Crippen molar-refractivity contribution in [3.8, 4) is 5.69 Å². The first-order valence-electron chi connectivity index (χ1n) is 9.70. The number of rotatable bonds is 5. The average Bonchev–Trinajstić information content (AvgIpc) is 3.08. The number of nitrogens with zero attached hydrogens (tertiary/aromatic N) is 4. The fourth-order valence-electron chi connectivity index (χ4n) is 3.65. The Morgan fingerprint density at radius 1 is 1.30 bits per heavy atom. The Morgan fingerprint density at radius 2 is 2.07 bits per heavy atom. The zero-order valence-electron chi connectivity index (χ0n) is 16.8. The van der Waals surface area contributed by atoms with Gasteiger partial charge in [0.25, 0.3) is 0 Å². The van der Waals surface area contributed by atoms with E-state index in [1.165, 1.54) is 24.6 Å². The minimum absolute atomic E-state index is 0.0569. The lowest BCUT2D eigenvalue weighted by Gasteiger charge is -2.35. The number of aromatic nitrogens is 4. The first-order valence-corrected chi connectivity index (χ1v) is 10.6. The maximum absolute atomic E-state index is 12.7. The predicted octanol–water partition coefficient (Wildman–Crippen LogP) is 3.70. The summed E-state index contributed by atoms with van der Waals surface area (Å²) in [6, 6.07) is 6.45. The molecule has 1 aliphatic carbocycles. The van der Waals surface area contributed by atoms with Gasteiger partial charge in [-0.05, 0) is 66.6 Å². The van der Waals surface area contributed by atoms with Crippen LogP contribution in [0.3, 0.4) is 0 Å². The largest absolute Gasteiger partial charge is 0.352 e. The number of carbonyl (C=O) groups excluding carboxylic acids is 1. The number of hydrogen-bond acceptors (Lipinski definition) is 5. The standard InChI is InChI=1S/C20H29N5OS/c1-12-9-10-14(3)18(11-12)25-20(22-23-24-25)27-16(5)19(26)21-17-8-6-7-13(2)15(17)4/h9-11,13,15-17H,6-8H2,1-5H3,(H,21,26)/t13-,15-,16+,17-/m0/s1. The molecule has 1 N–H and O–H groups in total. The van der Waals surface area contributed by atoms with E-state index < -0.39 is 0 Å². The van der Waals surface area contributed by atoms with Crippen molar-refractivity contribution < 1.29 is 4.79 Å². The van der Waals surface area contributed by atoms with Gasteiger partial charge in [-0.1, -0.05) is 50.6 Å². The Hall–Kier alpha value is -1.89. The lowest BCUT2D eigenvalue weighted by Crippen LogP contribution is -2.46. The van der Waals surface area contributed by atoms with E-state index in [1.807, 2.05) is 20.8 Å². The quantitative estimate of drug-likeness (QED) is 0.792. The number of benzene rings is 1. The van der Waals surface area contributed by atoms with E-state index in [0.717, 1.165) is 23.2 Å². The van der Waals surface area contributed by atoms with Crippen LogP contribution in [0.4, 0.5) is 0 Å². The summed E-state index contributed by atoms with van der Waals surface area (Å²) in [6.07, 6.45) is 3.50. The van der Waals surface area contributed by atoms with Crippen LogP contribution in [-0.2, 0) is 4.79 Å². The molecule has 7 heteroatoms. The van der Waals surface area contributed by atoms with Crippen molar-refractivity contribution in [3.05, 3.63) is 29.3 Å². The van der Waals surface area contributed by atoms with Gasteiger partial charge in [0.2, 0.25) is 11.1 Å². The molecule has 1 aromatic carbocycles. The Morgan fingerprint density at radius 3 is 2.85 bits per heavy atom. The molecule has 0 spiro atoms. The number of nitrogens with one attached hydrogen (secondary N) is 1. The summed E-state index contributed by atoms with van der Waals surface area (Å²) < 4.78 is 1.72. The number of carbonyl (C=O) groups is 1. The SMILES string of the molecule is Cc1ccc(C)c(-n2nnnc2S[C@H](C)C(=O)N[C@H]2CCC[C@H](C)[C@@H]2C)c1. The molecule has 3 rings (SSSR count). The van der Waals surface area contributed by atoms with Crippen molar-refractivity contribution in [1.29, 1.82) is 0 Å². The second-order valence-corrected chi connectivity index (χ2v) is 9.11. The van der Waals surface area contributed by atoms with E-state index in [-0.39, 0.29) is 17.2 Å². The summed E-state index contributed by atoms with van der Waals surface area (Å²) in [7, 11) is 0. The Bertz CT molecular complexity index is 805. The van der Waals surface area contributed by atoms with Crippen LogP contribution < -0.4 is 5.32 Å². The van der Waals surface area contributed by atoms with Crippen LogP contribution in [-0.4, -0.2) is 37.4 Å². The number of aryl methyl sites for hydroxylation is 2. The second kappa shape index (κ2) is 8.42. The third kappa shape index (κ3) is 4.51. The molecule has 0 radical (unpaired) electrons. The summed E-state index contributed by atoms with van der Waals surface area (Å²) >= 11 is 1.40. The lowest BCUT2D eigenvalue weighted by atomic mass is 9.78. The molecule has 1 heterocycles. The minimum atomic E-state index is -0.260.